The summed E-state index contributed by atoms with van der Waals surface area (Å²) in [5, 5.41) is 10.2. The van der Waals surface area contributed by atoms with Crippen molar-refractivity contribution >= 4 is 0 Å². The van der Waals surface area contributed by atoms with Crippen molar-refractivity contribution < 1.29 is 14.6 Å². The SMILES string of the molecule is OC([CH]CN1CCCC1)c1ccc2c(c1)OCCO2. The highest BCUT2D eigenvalue weighted by molar-refractivity contribution is 5.44. The Morgan fingerprint density at radius 1 is 1.16 bits per heavy atom. The molecule has 1 radical (unpaired) electrons. The molecule has 2 aliphatic rings. The summed E-state index contributed by atoms with van der Waals surface area (Å²) in [4.78, 5) is 2.36. The molecule has 1 aromatic carbocycles. The fourth-order valence-electron chi connectivity index (χ4n) is 2.59. The van der Waals surface area contributed by atoms with Crippen molar-refractivity contribution in [3.8, 4) is 11.5 Å². The third-order valence-electron chi connectivity index (χ3n) is 3.69. The Kier molecular flexibility index (Phi) is 3.89. The summed E-state index contributed by atoms with van der Waals surface area (Å²) >= 11 is 0. The van der Waals surface area contributed by atoms with Gasteiger partial charge in [0.25, 0.3) is 0 Å². The Labute approximate surface area is 113 Å². The summed E-state index contributed by atoms with van der Waals surface area (Å²) < 4.78 is 11.0. The lowest BCUT2D eigenvalue weighted by Crippen LogP contribution is -2.22. The molecular formula is C15H20NO3. The minimum Gasteiger partial charge on any atom is -0.486 e. The second-order valence-electron chi connectivity index (χ2n) is 5.09. The fourth-order valence-corrected chi connectivity index (χ4v) is 2.59. The van der Waals surface area contributed by atoms with Crippen molar-refractivity contribution in [2.24, 2.45) is 0 Å². The second-order valence-corrected chi connectivity index (χ2v) is 5.09. The number of hydrogen-bond donors (Lipinski definition) is 1. The summed E-state index contributed by atoms with van der Waals surface area (Å²) in [6.45, 7) is 4.30. The molecule has 103 valence electrons. The first-order valence-corrected chi connectivity index (χ1v) is 6.96. The Morgan fingerprint density at radius 3 is 2.68 bits per heavy atom. The van der Waals surface area contributed by atoms with E-state index >= 15 is 0 Å². The molecular weight excluding hydrogens is 242 g/mol. The van der Waals surface area contributed by atoms with Gasteiger partial charge in [-0.2, -0.15) is 0 Å². The zero-order chi connectivity index (χ0) is 13.1. The average Bonchev–Trinajstić information content (AvgIpc) is 2.97. The van der Waals surface area contributed by atoms with Gasteiger partial charge in [0.15, 0.2) is 11.5 Å². The van der Waals surface area contributed by atoms with E-state index in [0.29, 0.717) is 13.2 Å². The van der Waals surface area contributed by atoms with Crippen molar-refractivity contribution in [2.75, 3.05) is 32.8 Å². The molecule has 4 nitrogen and oxygen atoms in total. The summed E-state index contributed by atoms with van der Waals surface area (Å²) in [5.41, 5.74) is 0.864. The molecule has 2 heterocycles. The summed E-state index contributed by atoms with van der Waals surface area (Å²) in [7, 11) is 0. The number of hydrogen-bond acceptors (Lipinski definition) is 4. The quantitative estimate of drug-likeness (QED) is 0.898. The maximum Gasteiger partial charge on any atom is 0.161 e. The molecule has 0 aromatic heterocycles. The predicted octanol–water partition coefficient (Wildman–Crippen LogP) is 1.79. The summed E-state index contributed by atoms with van der Waals surface area (Å²) in [6.07, 6.45) is 3.95. The molecule has 1 N–H and O–H groups in total. The van der Waals surface area contributed by atoms with Crippen molar-refractivity contribution in [1.82, 2.24) is 4.90 Å². The Bertz CT molecular complexity index is 429. The van der Waals surface area contributed by atoms with Crippen LogP contribution in [0.15, 0.2) is 18.2 Å². The maximum absolute atomic E-state index is 10.2. The van der Waals surface area contributed by atoms with Gasteiger partial charge in [-0.3, -0.25) is 0 Å². The first kappa shape index (κ1) is 12.8. The normalized spacial score (nSPS) is 20.5. The maximum atomic E-state index is 10.2. The highest BCUT2D eigenvalue weighted by Crippen LogP contribution is 2.33. The van der Waals surface area contributed by atoms with E-state index in [2.05, 4.69) is 4.90 Å². The Hall–Kier alpha value is -1.26. The molecule has 3 rings (SSSR count). The van der Waals surface area contributed by atoms with Crippen LogP contribution in [0.25, 0.3) is 0 Å². The first-order chi connectivity index (χ1) is 9.33. The van der Waals surface area contributed by atoms with E-state index in [1.165, 1.54) is 12.8 Å². The average molecular weight is 262 g/mol. The Balaban J connectivity index is 1.60. The van der Waals surface area contributed by atoms with Crippen molar-refractivity contribution in [3.63, 3.8) is 0 Å². The Morgan fingerprint density at radius 2 is 1.89 bits per heavy atom. The van der Waals surface area contributed by atoms with E-state index in [-0.39, 0.29) is 0 Å². The number of rotatable bonds is 4. The standard InChI is InChI=1S/C15H20NO3/c17-13(5-8-16-6-1-2-7-16)12-3-4-14-15(11-12)19-10-9-18-14/h3-5,11,13,17H,1-2,6-10H2. The van der Waals surface area contributed by atoms with Crippen LogP contribution in [-0.2, 0) is 0 Å². The van der Waals surface area contributed by atoms with Crippen molar-refractivity contribution in [1.29, 1.82) is 0 Å². The zero-order valence-corrected chi connectivity index (χ0v) is 11.0. The van der Waals surface area contributed by atoms with Gasteiger partial charge < -0.3 is 19.5 Å². The number of likely N-dealkylation sites (tertiary alicyclic amines) is 1. The van der Waals surface area contributed by atoms with Crippen LogP contribution in [0.5, 0.6) is 11.5 Å². The molecule has 2 aliphatic heterocycles. The smallest absolute Gasteiger partial charge is 0.161 e. The highest BCUT2D eigenvalue weighted by Gasteiger charge is 2.17. The van der Waals surface area contributed by atoms with Crippen LogP contribution >= 0.6 is 0 Å². The molecule has 0 bridgehead atoms. The molecule has 1 fully saturated rings. The van der Waals surface area contributed by atoms with Gasteiger partial charge in [-0.25, -0.2) is 0 Å². The lowest BCUT2D eigenvalue weighted by Gasteiger charge is -2.21. The molecule has 1 saturated heterocycles. The van der Waals surface area contributed by atoms with Crippen molar-refractivity contribution in [2.45, 2.75) is 18.9 Å². The van der Waals surface area contributed by atoms with E-state index < -0.39 is 6.10 Å². The molecule has 0 aliphatic carbocycles. The molecule has 1 atom stereocenters. The fraction of sp³-hybridized carbons (Fsp3) is 0.533. The lowest BCUT2D eigenvalue weighted by atomic mass is 10.1. The molecule has 1 unspecified atom stereocenters. The van der Waals surface area contributed by atoms with Crippen LogP contribution < -0.4 is 9.47 Å². The van der Waals surface area contributed by atoms with Crippen LogP contribution in [0, 0.1) is 6.42 Å². The first-order valence-electron chi connectivity index (χ1n) is 6.96. The number of aliphatic hydroxyl groups excluding tert-OH is 1. The van der Waals surface area contributed by atoms with E-state index in [1.54, 1.807) is 0 Å². The topological polar surface area (TPSA) is 41.9 Å². The highest BCUT2D eigenvalue weighted by atomic mass is 16.6. The molecule has 4 heteroatoms. The molecule has 19 heavy (non-hydrogen) atoms. The van der Waals surface area contributed by atoms with Crippen LogP contribution in [0.3, 0.4) is 0 Å². The summed E-state index contributed by atoms with van der Waals surface area (Å²) in [5.74, 6) is 1.50. The van der Waals surface area contributed by atoms with Crippen LogP contribution in [-0.4, -0.2) is 42.9 Å². The zero-order valence-electron chi connectivity index (χ0n) is 11.0. The van der Waals surface area contributed by atoms with E-state index in [1.807, 2.05) is 24.6 Å². The lowest BCUT2D eigenvalue weighted by molar-refractivity contribution is 0.168. The van der Waals surface area contributed by atoms with E-state index in [9.17, 15) is 5.11 Å². The number of benzene rings is 1. The van der Waals surface area contributed by atoms with Gasteiger partial charge in [0, 0.05) is 13.0 Å². The molecule has 0 saturated carbocycles. The number of nitrogens with zero attached hydrogens (tertiary/aromatic N) is 1. The van der Waals surface area contributed by atoms with Gasteiger partial charge in [0.2, 0.25) is 0 Å². The van der Waals surface area contributed by atoms with E-state index in [0.717, 1.165) is 36.7 Å². The minimum atomic E-state index is -0.545. The second kappa shape index (κ2) is 5.80. The monoisotopic (exact) mass is 262 g/mol. The van der Waals surface area contributed by atoms with Gasteiger partial charge in [0.1, 0.15) is 13.2 Å². The van der Waals surface area contributed by atoms with Crippen LogP contribution in [0.1, 0.15) is 24.5 Å². The third kappa shape index (κ3) is 3.01. The van der Waals surface area contributed by atoms with E-state index in [4.69, 9.17) is 9.47 Å². The number of ether oxygens (including phenoxy) is 2. The number of aliphatic hydroxyl groups is 1. The number of fused-ring (bicyclic) bond motifs is 1. The molecule has 0 amide bonds. The third-order valence-corrected chi connectivity index (χ3v) is 3.69. The van der Waals surface area contributed by atoms with Gasteiger partial charge in [-0.15, -0.1) is 0 Å². The minimum absolute atomic E-state index is 0.545. The predicted molar refractivity (Wildman–Crippen MR) is 72.4 cm³/mol. The van der Waals surface area contributed by atoms with Gasteiger partial charge in [-0.05, 0) is 43.6 Å². The van der Waals surface area contributed by atoms with Crippen LogP contribution in [0.2, 0.25) is 0 Å². The molecule has 0 spiro atoms. The van der Waals surface area contributed by atoms with Crippen LogP contribution in [0.4, 0.5) is 0 Å². The van der Waals surface area contributed by atoms with Gasteiger partial charge in [-0.1, -0.05) is 6.07 Å². The van der Waals surface area contributed by atoms with Crippen molar-refractivity contribution in [3.05, 3.63) is 30.2 Å². The molecule has 1 aromatic rings. The largest absolute Gasteiger partial charge is 0.486 e. The van der Waals surface area contributed by atoms with Gasteiger partial charge in [0.05, 0.1) is 6.10 Å². The van der Waals surface area contributed by atoms with Gasteiger partial charge >= 0.3 is 0 Å². The summed E-state index contributed by atoms with van der Waals surface area (Å²) in [6, 6.07) is 5.65.